The third-order valence-corrected chi connectivity index (χ3v) is 4.04. The molecule has 2 aromatic carbocycles. The summed E-state index contributed by atoms with van der Waals surface area (Å²) in [5.41, 5.74) is -0.801. The van der Waals surface area contributed by atoms with Crippen molar-refractivity contribution in [3.63, 3.8) is 0 Å². The van der Waals surface area contributed by atoms with Crippen molar-refractivity contribution in [3.8, 4) is 17.2 Å². The predicted molar refractivity (Wildman–Crippen MR) is 104 cm³/mol. The minimum absolute atomic E-state index is 0.0386. The summed E-state index contributed by atoms with van der Waals surface area (Å²) in [5.74, 6) is -1.32. The Hall–Kier alpha value is -4.41. The summed E-state index contributed by atoms with van der Waals surface area (Å²) in [6.45, 7) is 0. The lowest BCUT2D eigenvalue weighted by Gasteiger charge is -2.12. The van der Waals surface area contributed by atoms with E-state index in [1.807, 2.05) is 0 Å². The maximum Gasteiger partial charge on any atom is 0.339 e. The molecule has 154 valence electrons. The number of ether oxygens (including phenoxy) is 2. The highest BCUT2D eigenvalue weighted by molar-refractivity contribution is 6.09. The van der Waals surface area contributed by atoms with Crippen LogP contribution in [-0.2, 0) is 7.05 Å². The number of para-hydroxylation sites is 2. The molecule has 1 heterocycles. The number of nitro benzene ring substituents is 1. The Bertz CT molecular complexity index is 1140. The number of aromatic nitrogens is 2. The first-order chi connectivity index (χ1) is 14.3. The zero-order valence-electron chi connectivity index (χ0n) is 15.9. The topological polar surface area (TPSA) is 146 Å². The second kappa shape index (κ2) is 8.31. The maximum atomic E-state index is 12.6. The number of hydrogen-bond donors (Lipinski definition) is 2. The van der Waals surface area contributed by atoms with E-state index in [4.69, 9.17) is 9.47 Å². The molecule has 0 fully saturated rings. The van der Waals surface area contributed by atoms with Crippen molar-refractivity contribution in [1.29, 1.82) is 0 Å². The molecule has 1 amide bonds. The lowest BCUT2D eigenvalue weighted by atomic mass is 10.2. The number of aryl methyl sites for hydroxylation is 1. The fraction of sp³-hybridized carbons (Fsp3) is 0.105. The van der Waals surface area contributed by atoms with E-state index in [2.05, 4.69) is 10.4 Å². The third-order valence-electron chi connectivity index (χ3n) is 4.04. The molecule has 0 saturated heterocycles. The SMILES string of the molecule is COc1ccccc1Oc1cc(NC(=O)c2c(C(=O)O)cnn2C)cc([N+](=O)[O-])c1. The Morgan fingerprint density at radius 3 is 2.53 bits per heavy atom. The molecule has 0 bridgehead atoms. The normalized spacial score (nSPS) is 10.3. The highest BCUT2D eigenvalue weighted by Crippen LogP contribution is 2.34. The van der Waals surface area contributed by atoms with Gasteiger partial charge in [0.15, 0.2) is 11.5 Å². The van der Waals surface area contributed by atoms with Crippen LogP contribution in [0, 0.1) is 10.1 Å². The Morgan fingerprint density at radius 1 is 1.20 bits per heavy atom. The van der Waals surface area contributed by atoms with E-state index in [-0.39, 0.29) is 28.4 Å². The van der Waals surface area contributed by atoms with Gasteiger partial charge in [-0.15, -0.1) is 0 Å². The van der Waals surface area contributed by atoms with Crippen LogP contribution >= 0.6 is 0 Å². The monoisotopic (exact) mass is 412 g/mol. The van der Waals surface area contributed by atoms with Crippen LogP contribution < -0.4 is 14.8 Å². The van der Waals surface area contributed by atoms with Crippen LogP contribution in [0.15, 0.2) is 48.7 Å². The van der Waals surface area contributed by atoms with Crippen molar-refractivity contribution in [2.24, 2.45) is 7.05 Å². The molecule has 0 atom stereocenters. The second-order valence-electron chi connectivity index (χ2n) is 6.02. The van der Waals surface area contributed by atoms with Crippen molar-refractivity contribution in [2.45, 2.75) is 0 Å². The summed E-state index contributed by atoms with van der Waals surface area (Å²) in [5, 5.41) is 26.7. The Morgan fingerprint density at radius 2 is 1.90 bits per heavy atom. The smallest absolute Gasteiger partial charge is 0.339 e. The van der Waals surface area contributed by atoms with Crippen molar-refractivity contribution in [3.05, 3.63) is 70.0 Å². The van der Waals surface area contributed by atoms with E-state index in [1.54, 1.807) is 24.3 Å². The molecule has 11 nitrogen and oxygen atoms in total. The minimum Gasteiger partial charge on any atom is -0.493 e. The number of aromatic carboxylic acids is 1. The number of anilines is 1. The summed E-state index contributed by atoms with van der Waals surface area (Å²) in [6.07, 6.45) is 1.04. The lowest BCUT2D eigenvalue weighted by molar-refractivity contribution is -0.384. The van der Waals surface area contributed by atoms with E-state index < -0.39 is 16.8 Å². The highest BCUT2D eigenvalue weighted by Gasteiger charge is 2.23. The van der Waals surface area contributed by atoms with Gasteiger partial charge >= 0.3 is 5.97 Å². The molecule has 1 aromatic heterocycles. The number of hydrogen-bond acceptors (Lipinski definition) is 7. The van der Waals surface area contributed by atoms with Crippen LogP contribution in [0.25, 0.3) is 0 Å². The molecular formula is C19H16N4O7. The van der Waals surface area contributed by atoms with Crippen molar-refractivity contribution < 1.29 is 29.1 Å². The average molecular weight is 412 g/mol. The number of carbonyl (C=O) groups excluding carboxylic acids is 1. The number of carbonyl (C=O) groups is 2. The molecule has 3 rings (SSSR count). The van der Waals surface area contributed by atoms with Crippen LogP contribution in [0.5, 0.6) is 17.2 Å². The average Bonchev–Trinajstić information content (AvgIpc) is 3.10. The molecule has 2 N–H and O–H groups in total. The number of amides is 1. The lowest BCUT2D eigenvalue weighted by Crippen LogP contribution is -2.19. The van der Waals surface area contributed by atoms with Gasteiger partial charge in [0.2, 0.25) is 0 Å². The molecule has 0 spiro atoms. The third kappa shape index (κ3) is 4.19. The molecule has 0 aliphatic heterocycles. The fourth-order valence-corrected chi connectivity index (χ4v) is 2.70. The van der Waals surface area contributed by atoms with E-state index in [1.165, 1.54) is 26.3 Å². The van der Waals surface area contributed by atoms with E-state index >= 15 is 0 Å². The summed E-state index contributed by atoms with van der Waals surface area (Å²) >= 11 is 0. The van der Waals surface area contributed by atoms with Crippen LogP contribution in [0.2, 0.25) is 0 Å². The first kappa shape index (κ1) is 20.3. The number of rotatable bonds is 7. The number of carboxylic acids is 1. The minimum atomic E-state index is -1.33. The fourth-order valence-electron chi connectivity index (χ4n) is 2.70. The largest absolute Gasteiger partial charge is 0.493 e. The number of nitro groups is 1. The Kier molecular flexibility index (Phi) is 5.63. The van der Waals surface area contributed by atoms with Gasteiger partial charge in [0.25, 0.3) is 11.6 Å². The van der Waals surface area contributed by atoms with Crippen LogP contribution in [0.1, 0.15) is 20.8 Å². The van der Waals surface area contributed by atoms with Gasteiger partial charge < -0.3 is 19.9 Å². The van der Waals surface area contributed by atoms with Crippen molar-refractivity contribution in [1.82, 2.24) is 9.78 Å². The molecule has 11 heteroatoms. The zero-order valence-corrected chi connectivity index (χ0v) is 15.9. The molecule has 0 aliphatic rings. The first-order valence-corrected chi connectivity index (χ1v) is 8.47. The number of benzene rings is 2. The number of carboxylic acid groups (broad SMARTS) is 1. The van der Waals surface area contributed by atoms with Gasteiger partial charge in [-0.25, -0.2) is 4.79 Å². The van der Waals surface area contributed by atoms with Gasteiger partial charge in [0.1, 0.15) is 17.0 Å². The highest BCUT2D eigenvalue weighted by atomic mass is 16.6. The standard InChI is InChI=1S/C19H16N4O7/c1-22-17(14(10-20-22)19(25)26)18(24)21-11-7-12(23(27)28)9-13(8-11)30-16-6-4-3-5-15(16)29-2/h3-10H,1-2H3,(H,21,24)(H,25,26). The summed E-state index contributed by atoms with van der Waals surface area (Å²) in [4.78, 5) is 34.6. The summed E-state index contributed by atoms with van der Waals surface area (Å²) in [6, 6.07) is 10.4. The molecular weight excluding hydrogens is 396 g/mol. The maximum absolute atomic E-state index is 12.6. The molecule has 0 radical (unpaired) electrons. The Labute approximate surface area is 169 Å². The summed E-state index contributed by atoms with van der Waals surface area (Å²) in [7, 11) is 2.86. The molecule has 0 aliphatic carbocycles. The van der Waals surface area contributed by atoms with Crippen LogP contribution in [0.3, 0.4) is 0 Å². The second-order valence-corrected chi connectivity index (χ2v) is 6.02. The van der Waals surface area contributed by atoms with Gasteiger partial charge in [-0.05, 0) is 12.1 Å². The molecule has 3 aromatic rings. The van der Waals surface area contributed by atoms with E-state index in [0.29, 0.717) is 11.5 Å². The van der Waals surface area contributed by atoms with Gasteiger partial charge in [-0.3, -0.25) is 19.6 Å². The van der Waals surface area contributed by atoms with E-state index in [9.17, 15) is 24.8 Å². The van der Waals surface area contributed by atoms with Crippen molar-refractivity contribution in [2.75, 3.05) is 12.4 Å². The first-order valence-electron chi connectivity index (χ1n) is 8.47. The number of non-ortho nitro benzene ring substituents is 1. The molecule has 30 heavy (non-hydrogen) atoms. The Balaban J connectivity index is 1.95. The number of nitrogens with one attached hydrogen (secondary N) is 1. The van der Waals surface area contributed by atoms with Gasteiger partial charge in [0, 0.05) is 19.2 Å². The number of methoxy groups -OCH3 is 1. The molecule has 0 saturated carbocycles. The van der Waals surface area contributed by atoms with E-state index in [0.717, 1.165) is 16.9 Å². The predicted octanol–water partition coefficient (Wildman–Crippen LogP) is 3.08. The zero-order chi connectivity index (χ0) is 21.8. The van der Waals surface area contributed by atoms with Crippen LogP contribution in [-0.4, -0.2) is 38.8 Å². The van der Waals surface area contributed by atoms with Crippen molar-refractivity contribution >= 4 is 23.3 Å². The van der Waals surface area contributed by atoms with Crippen LogP contribution in [0.4, 0.5) is 11.4 Å². The number of nitrogens with zero attached hydrogens (tertiary/aromatic N) is 3. The summed E-state index contributed by atoms with van der Waals surface area (Å²) < 4.78 is 12.0. The van der Waals surface area contributed by atoms with Gasteiger partial charge in [-0.2, -0.15) is 5.10 Å². The quantitative estimate of drug-likeness (QED) is 0.445. The van der Waals surface area contributed by atoms with Gasteiger partial charge in [0.05, 0.1) is 30.0 Å². The van der Waals surface area contributed by atoms with Gasteiger partial charge in [-0.1, -0.05) is 12.1 Å². The molecule has 0 unspecified atom stereocenters.